The molecule has 2 atom stereocenters. The molecule has 2 aromatic rings. The van der Waals surface area contributed by atoms with Crippen LogP contribution in [0.3, 0.4) is 0 Å². The molecule has 7 nitrogen and oxygen atoms in total. The smallest absolute Gasteiger partial charge is 0.408 e. The predicted molar refractivity (Wildman–Crippen MR) is 112 cm³/mol. The van der Waals surface area contributed by atoms with Gasteiger partial charge in [-0.05, 0) is 47.4 Å². The zero-order chi connectivity index (χ0) is 21.6. The molecule has 3 aliphatic carbocycles. The number of aliphatic carboxylic acids is 1. The number of hydrogen-bond acceptors (Lipinski definition) is 4. The molecule has 2 amide bonds. The highest BCUT2D eigenvalue weighted by atomic mass is 16.5. The van der Waals surface area contributed by atoms with E-state index in [1.807, 2.05) is 24.3 Å². The molecule has 160 valence electrons. The van der Waals surface area contributed by atoms with E-state index in [1.165, 1.54) is 0 Å². The number of carboxylic acids is 1. The average Bonchev–Trinajstić information content (AvgIpc) is 3.68. The molecule has 2 unspecified atom stereocenters. The lowest BCUT2D eigenvalue weighted by molar-refractivity contribution is -0.139. The summed E-state index contributed by atoms with van der Waals surface area (Å²) < 4.78 is 5.54. The standard InChI is InChI=1S/C24H24N2O5/c27-21(28)19-11-14(19)12-25-22(29)24(9-10-24)26-23(30)31-13-20-17-7-3-1-5-15(17)16-6-2-4-8-18(16)20/h1-8,14,19-20H,9-13H2,(H,25,29)(H,26,30)(H,27,28). The van der Waals surface area contributed by atoms with Crippen molar-refractivity contribution in [2.45, 2.75) is 30.7 Å². The second-order valence-corrected chi connectivity index (χ2v) is 8.68. The minimum absolute atomic E-state index is 0.0216. The van der Waals surface area contributed by atoms with Gasteiger partial charge in [0.05, 0.1) is 5.92 Å². The van der Waals surface area contributed by atoms with Gasteiger partial charge in [-0.2, -0.15) is 0 Å². The second-order valence-electron chi connectivity index (χ2n) is 8.68. The Balaban J connectivity index is 1.17. The molecule has 2 fully saturated rings. The van der Waals surface area contributed by atoms with Gasteiger partial charge in [-0.15, -0.1) is 0 Å². The van der Waals surface area contributed by atoms with Crippen LogP contribution in [0.25, 0.3) is 11.1 Å². The van der Waals surface area contributed by atoms with Crippen molar-refractivity contribution < 1.29 is 24.2 Å². The first-order chi connectivity index (χ1) is 15.0. The lowest BCUT2D eigenvalue weighted by atomic mass is 9.98. The molecule has 2 saturated carbocycles. The van der Waals surface area contributed by atoms with Gasteiger partial charge in [-0.25, -0.2) is 4.79 Å². The van der Waals surface area contributed by atoms with E-state index in [2.05, 4.69) is 34.9 Å². The summed E-state index contributed by atoms with van der Waals surface area (Å²) in [6.07, 6.45) is 1.08. The Kier molecular flexibility index (Phi) is 4.68. The molecule has 0 bridgehead atoms. The maximum absolute atomic E-state index is 12.5. The molecule has 0 spiro atoms. The number of rotatable bonds is 7. The lowest BCUT2D eigenvalue weighted by Crippen LogP contribution is -2.49. The van der Waals surface area contributed by atoms with Crippen molar-refractivity contribution in [3.63, 3.8) is 0 Å². The maximum atomic E-state index is 12.5. The largest absolute Gasteiger partial charge is 0.481 e. The Bertz CT molecular complexity index is 1020. The molecular weight excluding hydrogens is 396 g/mol. The first-order valence-corrected chi connectivity index (χ1v) is 10.6. The normalized spacial score (nSPS) is 22.1. The highest BCUT2D eigenvalue weighted by Gasteiger charge is 2.52. The minimum atomic E-state index is -0.934. The lowest BCUT2D eigenvalue weighted by Gasteiger charge is -2.19. The number of carbonyl (C=O) groups excluding carboxylic acids is 2. The summed E-state index contributed by atoms with van der Waals surface area (Å²) in [5.74, 6) is -1.52. The van der Waals surface area contributed by atoms with E-state index in [9.17, 15) is 14.4 Å². The summed E-state index contributed by atoms with van der Waals surface area (Å²) in [6, 6.07) is 16.2. The third-order valence-electron chi connectivity index (χ3n) is 6.63. The van der Waals surface area contributed by atoms with Crippen LogP contribution in [0.5, 0.6) is 0 Å². The summed E-state index contributed by atoms with van der Waals surface area (Å²) in [6.45, 7) is 0.518. The SMILES string of the molecule is O=C(NC1(C(=O)NCC2CC2C(=O)O)CC1)OCC1c2ccccc2-c2ccccc21. The van der Waals surface area contributed by atoms with Crippen LogP contribution < -0.4 is 10.6 Å². The van der Waals surface area contributed by atoms with Crippen molar-refractivity contribution in [2.24, 2.45) is 11.8 Å². The third kappa shape index (κ3) is 3.65. The molecule has 0 aliphatic heterocycles. The monoisotopic (exact) mass is 420 g/mol. The van der Waals surface area contributed by atoms with Crippen molar-refractivity contribution >= 4 is 18.0 Å². The molecule has 2 aromatic carbocycles. The molecule has 3 aliphatic rings. The number of fused-ring (bicyclic) bond motifs is 3. The molecule has 0 aromatic heterocycles. The van der Waals surface area contributed by atoms with Crippen molar-refractivity contribution in [2.75, 3.05) is 13.2 Å². The third-order valence-corrected chi connectivity index (χ3v) is 6.63. The number of alkyl carbamates (subject to hydrolysis) is 1. The molecule has 0 heterocycles. The Labute approximate surface area is 179 Å². The highest BCUT2D eigenvalue weighted by molar-refractivity contribution is 5.93. The van der Waals surface area contributed by atoms with E-state index in [0.717, 1.165) is 22.3 Å². The van der Waals surface area contributed by atoms with Gasteiger partial charge in [0.1, 0.15) is 12.1 Å². The van der Waals surface area contributed by atoms with Crippen LogP contribution in [-0.4, -0.2) is 41.8 Å². The van der Waals surface area contributed by atoms with Gasteiger partial charge >= 0.3 is 12.1 Å². The second kappa shape index (κ2) is 7.41. The van der Waals surface area contributed by atoms with Crippen molar-refractivity contribution in [1.29, 1.82) is 0 Å². The van der Waals surface area contributed by atoms with Crippen LogP contribution in [-0.2, 0) is 14.3 Å². The Morgan fingerprint density at radius 2 is 1.61 bits per heavy atom. The number of nitrogens with one attached hydrogen (secondary N) is 2. The van der Waals surface area contributed by atoms with Gasteiger partial charge in [0, 0.05) is 12.5 Å². The van der Waals surface area contributed by atoms with E-state index < -0.39 is 17.6 Å². The molecule has 3 N–H and O–H groups in total. The fourth-order valence-electron chi connectivity index (χ4n) is 4.53. The van der Waals surface area contributed by atoms with Crippen LogP contribution in [0.15, 0.2) is 48.5 Å². The number of hydrogen-bond donors (Lipinski definition) is 3. The fraction of sp³-hybridized carbons (Fsp3) is 0.375. The quantitative estimate of drug-likeness (QED) is 0.639. The summed E-state index contributed by atoms with van der Waals surface area (Å²) in [7, 11) is 0. The summed E-state index contributed by atoms with van der Waals surface area (Å²) in [4.78, 5) is 35.9. The summed E-state index contributed by atoms with van der Waals surface area (Å²) in [5.41, 5.74) is 3.64. The van der Waals surface area contributed by atoms with E-state index in [4.69, 9.17) is 9.84 Å². The van der Waals surface area contributed by atoms with E-state index in [0.29, 0.717) is 25.8 Å². The van der Waals surface area contributed by atoms with Crippen LogP contribution in [0.1, 0.15) is 36.3 Å². The Morgan fingerprint density at radius 1 is 1.00 bits per heavy atom. The molecule has 7 heteroatoms. The predicted octanol–water partition coefficient (Wildman–Crippen LogP) is 2.89. The van der Waals surface area contributed by atoms with Gasteiger partial charge in [0.15, 0.2) is 0 Å². The van der Waals surface area contributed by atoms with Crippen molar-refractivity contribution in [1.82, 2.24) is 10.6 Å². The number of carbonyl (C=O) groups is 3. The van der Waals surface area contributed by atoms with Crippen LogP contribution in [0.2, 0.25) is 0 Å². The van der Waals surface area contributed by atoms with E-state index >= 15 is 0 Å². The molecule has 0 saturated heterocycles. The van der Waals surface area contributed by atoms with Gasteiger partial charge in [0.25, 0.3) is 0 Å². The van der Waals surface area contributed by atoms with Gasteiger partial charge in [0.2, 0.25) is 5.91 Å². The molecule has 5 rings (SSSR count). The first-order valence-electron chi connectivity index (χ1n) is 10.6. The average molecular weight is 420 g/mol. The summed E-state index contributed by atoms with van der Waals surface area (Å²) in [5, 5.41) is 14.5. The van der Waals surface area contributed by atoms with Crippen molar-refractivity contribution in [3.05, 3.63) is 59.7 Å². The Hall–Kier alpha value is -3.35. The van der Waals surface area contributed by atoms with Crippen LogP contribution >= 0.6 is 0 Å². The minimum Gasteiger partial charge on any atom is -0.481 e. The molecular formula is C24H24N2O5. The number of ether oxygens (including phenoxy) is 1. The van der Waals surface area contributed by atoms with Crippen LogP contribution in [0, 0.1) is 11.8 Å². The molecule has 0 radical (unpaired) electrons. The zero-order valence-electron chi connectivity index (χ0n) is 17.0. The number of amides is 2. The fourth-order valence-corrected chi connectivity index (χ4v) is 4.53. The van der Waals surface area contributed by atoms with Gasteiger partial charge < -0.3 is 20.5 Å². The highest BCUT2D eigenvalue weighted by Crippen LogP contribution is 2.44. The molecule has 31 heavy (non-hydrogen) atoms. The van der Waals surface area contributed by atoms with Crippen molar-refractivity contribution in [3.8, 4) is 11.1 Å². The van der Waals surface area contributed by atoms with Gasteiger partial charge in [-0.1, -0.05) is 48.5 Å². The number of carboxylic acid groups (broad SMARTS) is 1. The topological polar surface area (TPSA) is 105 Å². The first kappa shape index (κ1) is 19.6. The van der Waals surface area contributed by atoms with Gasteiger partial charge in [-0.3, -0.25) is 9.59 Å². The van der Waals surface area contributed by atoms with E-state index in [-0.39, 0.29) is 30.3 Å². The Morgan fingerprint density at radius 3 is 2.16 bits per heavy atom. The maximum Gasteiger partial charge on any atom is 0.408 e. The van der Waals surface area contributed by atoms with E-state index in [1.54, 1.807) is 0 Å². The zero-order valence-corrected chi connectivity index (χ0v) is 17.0. The summed E-state index contributed by atoms with van der Waals surface area (Å²) >= 11 is 0. The van der Waals surface area contributed by atoms with Crippen LogP contribution in [0.4, 0.5) is 4.79 Å². The number of benzene rings is 2.